The van der Waals surface area contributed by atoms with E-state index in [1.807, 2.05) is 30.3 Å². The van der Waals surface area contributed by atoms with Gasteiger partial charge in [0.15, 0.2) is 0 Å². The van der Waals surface area contributed by atoms with Crippen molar-refractivity contribution in [2.45, 2.75) is 18.8 Å². The van der Waals surface area contributed by atoms with Gasteiger partial charge in [0, 0.05) is 7.11 Å². The highest BCUT2D eigenvalue weighted by Gasteiger charge is 2.23. The maximum absolute atomic E-state index is 13.0. The Morgan fingerprint density at radius 3 is 2.46 bits per heavy atom. The molecule has 0 saturated heterocycles. The molecule has 0 aliphatic carbocycles. The topological polar surface area (TPSA) is 67.8 Å². The number of halogens is 1. The fourth-order valence-corrected chi connectivity index (χ4v) is 2.20. The Morgan fingerprint density at radius 2 is 1.83 bits per heavy atom. The van der Waals surface area contributed by atoms with Crippen molar-refractivity contribution in [3.63, 3.8) is 0 Å². The van der Waals surface area contributed by atoms with E-state index in [1.54, 1.807) is 0 Å². The molecule has 6 heteroatoms. The number of nitrogens with one attached hydrogen (secondary N) is 1. The number of methoxy groups -OCH3 is 1. The van der Waals surface area contributed by atoms with E-state index in [0.717, 1.165) is 5.56 Å². The van der Waals surface area contributed by atoms with Gasteiger partial charge in [0.2, 0.25) is 0 Å². The number of hydrogen-bond donors (Lipinski definition) is 2. The van der Waals surface area contributed by atoms with E-state index in [0.29, 0.717) is 5.56 Å². The van der Waals surface area contributed by atoms with Crippen LogP contribution in [0.25, 0.3) is 0 Å². The van der Waals surface area contributed by atoms with Gasteiger partial charge in [0.05, 0.1) is 12.6 Å². The average molecular weight is 333 g/mol. The summed E-state index contributed by atoms with van der Waals surface area (Å²) in [6.45, 7) is 0.206. The standard InChI is InChI=1S/C18H20FNO4/c1-23-12-16(17(21)14-7-9-15(19)10-8-14)20-18(22)24-11-13-5-3-2-4-6-13/h2-10,16-17,21H,11-12H2,1H3,(H,20,22)/t16-,17-/m1/s1. The van der Waals surface area contributed by atoms with Crippen LogP contribution in [0.5, 0.6) is 0 Å². The van der Waals surface area contributed by atoms with E-state index in [4.69, 9.17) is 9.47 Å². The second-order valence-electron chi connectivity index (χ2n) is 5.26. The van der Waals surface area contributed by atoms with Crippen LogP contribution in [0.15, 0.2) is 54.6 Å². The summed E-state index contributed by atoms with van der Waals surface area (Å²) >= 11 is 0. The fraction of sp³-hybridized carbons (Fsp3) is 0.278. The summed E-state index contributed by atoms with van der Waals surface area (Å²) in [5, 5.41) is 12.9. The number of rotatable bonds is 7. The molecule has 1 amide bonds. The van der Waals surface area contributed by atoms with Gasteiger partial charge in [-0.3, -0.25) is 0 Å². The largest absolute Gasteiger partial charge is 0.445 e. The zero-order chi connectivity index (χ0) is 17.4. The van der Waals surface area contributed by atoms with Crippen molar-refractivity contribution in [2.75, 3.05) is 13.7 Å². The van der Waals surface area contributed by atoms with Gasteiger partial charge in [-0.15, -0.1) is 0 Å². The summed E-state index contributed by atoms with van der Waals surface area (Å²) in [6, 6.07) is 13.9. The zero-order valence-corrected chi connectivity index (χ0v) is 13.3. The minimum Gasteiger partial charge on any atom is -0.445 e. The molecule has 2 aromatic rings. The maximum Gasteiger partial charge on any atom is 0.407 e. The van der Waals surface area contributed by atoms with Crippen LogP contribution in [0.2, 0.25) is 0 Å². The SMILES string of the molecule is COC[C@@H](NC(=O)OCc1ccccc1)[C@H](O)c1ccc(F)cc1. The summed E-state index contributed by atoms with van der Waals surface area (Å²) in [5.41, 5.74) is 1.33. The number of carbonyl (C=O) groups is 1. The van der Waals surface area contributed by atoms with Crippen LogP contribution in [0.4, 0.5) is 9.18 Å². The van der Waals surface area contributed by atoms with E-state index in [2.05, 4.69) is 5.32 Å². The third-order valence-corrected chi connectivity index (χ3v) is 3.45. The minimum absolute atomic E-state index is 0.0823. The predicted octanol–water partition coefficient (Wildman–Crippen LogP) is 2.80. The molecule has 0 bridgehead atoms. The van der Waals surface area contributed by atoms with Gasteiger partial charge >= 0.3 is 6.09 Å². The van der Waals surface area contributed by atoms with Crippen molar-refractivity contribution in [1.29, 1.82) is 0 Å². The first-order valence-electron chi connectivity index (χ1n) is 7.50. The van der Waals surface area contributed by atoms with E-state index in [-0.39, 0.29) is 13.2 Å². The molecule has 2 rings (SSSR count). The van der Waals surface area contributed by atoms with Crippen molar-refractivity contribution < 1.29 is 23.8 Å². The quantitative estimate of drug-likeness (QED) is 0.818. The molecule has 0 aliphatic rings. The lowest BCUT2D eigenvalue weighted by molar-refractivity contribution is 0.0611. The number of carbonyl (C=O) groups excluding carboxylic acids is 1. The molecule has 24 heavy (non-hydrogen) atoms. The van der Waals surface area contributed by atoms with Crippen molar-refractivity contribution in [3.05, 3.63) is 71.5 Å². The Bertz CT molecular complexity index is 633. The number of alkyl carbamates (subject to hydrolysis) is 1. The van der Waals surface area contributed by atoms with Crippen molar-refractivity contribution in [3.8, 4) is 0 Å². The number of amides is 1. The average Bonchev–Trinajstić information content (AvgIpc) is 2.60. The van der Waals surface area contributed by atoms with Crippen molar-refractivity contribution in [1.82, 2.24) is 5.32 Å². The lowest BCUT2D eigenvalue weighted by atomic mass is 10.0. The van der Waals surface area contributed by atoms with Crippen LogP contribution in [-0.4, -0.2) is 31.0 Å². The first kappa shape index (κ1) is 17.9. The van der Waals surface area contributed by atoms with Crippen molar-refractivity contribution in [2.24, 2.45) is 0 Å². The van der Waals surface area contributed by atoms with Crippen LogP contribution in [0, 0.1) is 5.82 Å². The van der Waals surface area contributed by atoms with Gasteiger partial charge in [0.1, 0.15) is 18.5 Å². The molecule has 128 valence electrons. The highest BCUT2D eigenvalue weighted by atomic mass is 19.1. The Balaban J connectivity index is 1.94. The van der Waals surface area contributed by atoms with Crippen LogP contribution < -0.4 is 5.32 Å². The van der Waals surface area contributed by atoms with E-state index in [9.17, 15) is 14.3 Å². The van der Waals surface area contributed by atoms with Gasteiger partial charge in [0.25, 0.3) is 0 Å². The van der Waals surface area contributed by atoms with E-state index in [1.165, 1.54) is 31.4 Å². The van der Waals surface area contributed by atoms with Gasteiger partial charge in [-0.05, 0) is 23.3 Å². The Hall–Kier alpha value is -2.44. The van der Waals surface area contributed by atoms with Gasteiger partial charge in [-0.2, -0.15) is 0 Å². The third kappa shape index (κ3) is 5.33. The smallest absolute Gasteiger partial charge is 0.407 e. The highest BCUT2D eigenvalue weighted by molar-refractivity contribution is 5.67. The molecule has 0 spiro atoms. The molecule has 0 aromatic heterocycles. The lowest BCUT2D eigenvalue weighted by Crippen LogP contribution is -2.42. The van der Waals surface area contributed by atoms with Gasteiger partial charge < -0.3 is 19.9 Å². The number of ether oxygens (including phenoxy) is 2. The summed E-state index contributed by atoms with van der Waals surface area (Å²) in [4.78, 5) is 11.9. The fourth-order valence-electron chi connectivity index (χ4n) is 2.20. The number of benzene rings is 2. The Kier molecular flexibility index (Phi) is 6.72. The van der Waals surface area contributed by atoms with E-state index < -0.39 is 24.1 Å². The summed E-state index contributed by atoms with van der Waals surface area (Å²) in [7, 11) is 1.46. The summed E-state index contributed by atoms with van der Waals surface area (Å²) < 4.78 is 23.1. The first-order chi connectivity index (χ1) is 11.6. The molecule has 0 saturated carbocycles. The molecule has 0 heterocycles. The normalized spacial score (nSPS) is 13.1. The first-order valence-corrected chi connectivity index (χ1v) is 7.50. The molecular weight excluding hydrogens is 313 g/mol. The molecule has 2 N–H and O–H groups in total. The van der Waals surface area contributed by atoms with Gasteiger partial charge in [-0.25, -0.2) is 9.18 Å². The molecule has 0 radical (unpaired) electrons. The summed E-state index contributed by atoms with van der Waals surface area (Å²) in [6.07, 6.45) is -1.71. The predicted molar refractivity (Wildman–Crippen MR) is 86.8 cm³/mol. The highest BCUT2D eigenvalue weighted by Crippen LogP contribution is 2.18. The molecule has 2 atom stereocenters. The van der Waals surface area contributed by atoms with Gasteiger partial charge in [-0.1, -0.05) is 42.5 Å². The summed E-state index contributed by atoms with van der Waals surface area (Å²) in [5.74, 6) is -0.399. The number of aliphatic hydroxyl groups is 1. The van der Waals surface area contributed by atoms with E-state index >= 15 is 0 Å². The molecule has 0 aliphatic heterocycles. The Morgan fingerprint density at radius 1 is 1.17 bits per heavy atom. The van der Waals surface area contributed by atoms with Crippen molar-refractivity contribution >= 4 is 6.09 Å². The second-order valence-corrected chi connectivity index (χ2v) is 5.26. The van der Waals surface area contributed by atoms with Crippen LogP contribution in [-0.2, 0) is 16.1 Å². The third-order valence-electron chi connectivity index (χ3n) is 3.45. The maximum atomic E-state index is 13.0. The molecule has 5 nitrogen and oxygen atoms in total. The molecular formula is C18H20FNO4. The molecule has 2 aromatic carbocycles. The number of aliphatic hydroxyl groups excluding tert-OH is 1. The number of hydrogen-bond acceptors (Lipinski definition) is 4. The molecule has 0 unspecified atom stereocenters. The second kappa shape index (κ2) is 9.00. The lowest BCUT2D eigenvalue weighted by Gasteiger charge is -2.23. The molecule has 0 fully saturated rings. The minimum atomic E-state index is -1.05. The Labute approximate surface area is 140 Å². The zero-order valence-electron chi connectivity index (χ0n) is 13.3. The van der Waals surface area contributed by atoms with Crippen LogP contribution in [0.3, 0.4) is 0 Å². The monoisotopic (exact) mass is 333 g/mol. The van der Waals surface area contributed by atoms with Crippen LogP contribution in [0.1, 0.15) is 17.2 Å². The van der Waals surface area contributed by atoms with Crippen LogP contribution >= 0.6 is 0 Å².